The third-order valence-corrected chi connectivity index (χ3v) is 2.24. The van der Waals surface area contributed by atoms with Gasteiger partial charge in [-0.15, -0.1) is 0 Å². The highest BCUT2D eigenvalue weighted by Crippen LogP contribution is 2.18. The molecule has 66 valence electrons. The van der Waals surface area contributed by atoms with Crippen molar-refractivity contribution in [1.82, 2.24) is 5.32 Å². The zero-order valence-corrected chi connectivity index (χ0v) is 7.04. The van der Waals surface area contributed by atoms with Crippen molar-refractivity contribution >= 4 is 11.6 Å². The summed E-state index contributed by atoms with van der Waals surface area (Å²) in [7, 11) is 0. The maximum absolute atomic E-state index is 10.9. The molecule has 12 heavy (non-hydrogen) atoms. The number of carbonyl (C=O) groups is 1. The first-order valence-corrected chi connectivity index (χ1v) is 4.20. The number of fused-ring (bicyclic) bond motifs is 1. The van der Waals surface area contributed by atoms with E-state index >= 15 is 0 Å². The summed E-state index contributed by atoms with van der Waals surface area (Å²) in [5, 5.41) is 2.80. The molecule has 2 unspecified atom stereocenters. The molecule has 1 fully saturated rings. The molecule has 2 rings (SSSR count). The van der Waals surface area contributed by atoms with Gasteiger partial charge in [-0.1, -0.05) is 0 Å². The molecular formula is C8H12N2O2. The van der Waals surface area contributed by atoms with Gasteiger partial charge in [0.15, 0.2) is 0 Å². The Hall–Kier alpha value is -0.900. The van der Waals surface area contributed by atoms with Crippen LogP contribution in [0.25, 0.3) is 0 Å². The Morgan fingerprint density at radius 3 is 3.33 bits per heavy atom. The lowest BCUT2D eigenvalue weighted by Crippen LogP contribution is -2.52. The van der Waals surface area contributed by atoms with Crippen LogP contribution in [0.2, 0.25) is 0 Å². The Morgan fingerprint density at radius 2 is 2.50 bits per heavy atom. The minimum Gasteiger partial charge on any atom is -0.364 e. The van der Waals surface area contributed by atoms with Crippen molar-refractivity contribution in [1.29, 1.82) is 0 Å². The Balaban J connectivity index is 2.12. The topological polar surface area (TPSA) is 50.7 Å². The summed E-state index contributed by atoms with van der Waals surface area (Å²) >= 11 is 0. The minimum atomic E-state index is -0.125. The van der Waals surface area contributed by atoms with E-state index in [0.717, 1.165) is 18.6 Å². The number of hydrogen-bond donors (Lipinski definition) is 1. The number of morpholine rings is 1. The normalized spacial score (nSPS) is 35.1. The second kappa shape index (κ2) is 2.86. The molecule has 0 aliphatic carbocycles. The molecular weight excluding hydrogens is 156 g/mol. The smallest absolute Gasteiger partial charge is 0.247 e. The molecule has 2 heterocycles. The van der Waals surface area contributed by atoms with Crippen LogP contribution in [0.15, 0.2) is 4.99 Å². The number of nitrogens with one attached hydrogen (secondary N) is 1. The maximum Gasteiger partial charge on any atom is 0.247 e. The van der Waals surface area contributed by atoms with Crippen LogP contribution in [0.1, 0.15) is 19.8 Å². The van der Waals surface area contributed by atoms with Crippen LogP contribution < -0.4 is 5.32 Å². The van der Waals surface area contributed by atoms with Gasteiger partial charge in [-0.3, -0.25) is 9.79 Å². The van der Waals surface area contributed by atoms with Gasteiger partial charge in [0.2, 0.25) is 5.91 Å². The van der Waals surface area contributed by atoms with Crippen molar-refractivity contribution in [3.8, 4) is 0 Å². The molecule has 0 bridgehead atoms. The highest BCUT2D eigenvalue weighted by atomic mass is 16.5. The number of carbonyl (C=O) groups excluding carboxylic acids is 1. The second-order valence-electron chi connectivity index (χ2n) is 3.26. The van der Waals surface area contributed by atoms with E-state index in [0.29, 0.717) is 0 Å². The number of nitrogens with zero attached hydrogens (tertiary/aromatic N) is 1. The summed E-state index contributed by atoms with van der Waals surface area (Å²) in [5.41, 5.74) is 1.10. The molecule has 0 saturated carbocycles. The Labute approximate surface area is 71.0 Å². The van der Waals surface area contributed by atoms with E-state index in [9.17, 15) is 4.79 Å². The van der Waals surface area contributed by atoms with E-state index in [-0.39, 0.29) is 24.8 Å². The van der Waals surface area contributed by atoms with Gasteiger partial charge in [0.1, 0.15) is 12.8 Å². The standard InChI is InChI=1S/C8H12N2O2/c1-5-2-3-6-8(9-5)10-7(11)4-12-6/h6,8H,2-4H2,1H3,(H,10,11). The zero-order chi connectivity index (χ0) is 8.55. The van der Waals surface area contributed by atoms with Crippen LogP contribution in [-0.2, 0) is 9.53 Å². The summed E-state index contributed by atoms with van der Waals surface area (Å²) in [5.74, 6) is -0.0605. The molecule has 0 aromatic rings. The third-order valence-electron chi connectivity index (χ3n) is 2.24. The van der Waals surface area contributed by atoms with Crippen molar-refractivity contribution in [2.24, 2.45) is 4.99 Å². The SMILES string of the molecule is CC1=NC2NC(=O)COC2CC1. The molecule has 2 atom stereocenters. The molecule has 2 aliphatic rings. The van der Waals surface area contributed by atoms with Crippen LogP contribution in [0, 0.1) is 0 Å². The van der Waals surface area contributed by atoms with E-state index in [1.54, 1.807) is 0 Å². The summed E-state index contributed by atoms with van der Waals surface area (Å²) in [6.45, 7) is 2.17. The lowest BCUT2D eigenvalue weighted by atomic mass is 10.0. The summed E-state index contributed by atoms with van der Waals surface area (Å²) in [6.07, 6.45) is 1.93. The number of hydrogen-bond acceptors (Lipinski definition) is 3. The number of rotatable bonds is 0. The molecule has 1 saturated heterocycles. The zero-order valence-electron chi connectivity index (χ0n) is 7.04. The van der Waals surface area contributed by atoms with E-state index in [1.807, 2.05) is 6.92 Å². The Morgan fingerprint density at radius 1 is 1.67 bits per heavy atom. The van der Waals surface area contributed by atoms with E-state index < -0.39 is 0 Å². The van der Waals surface area contributed by atoms with Gasteiger partial charge < -0.3 is 10.1 Å². The van der Waals surface area contributed by atoms with Gasteiger partial charge in [0.05, 0.1) is 6.10 Å². The predicted octanol–water partition coefficient (Wildman–Crippen LogP) is 0.0822. The summed E-state index contributed by atoms with van der Waals surface area (Å²) < 4.78 is 5.32. The van der Waals surface area contributed by atoms with Crippen LogP contribution >= 0.6 is 0 Å². The summed E-state index contributed by atoms with van der Waals surface area (Å²) in [6, 6.07) is 0. The molecule has 1 amide bonds. The van der Waals surface area contributed by atoms with Gasteiger partial charge in [0.25, 0.3) is 0 Å². The van der Waals surface area contributed by atoms with Crippen molar-refractivity contribution in [2.75, 3.05) is 6.61 Å². The fourth-order valence-electron chi connectivity index (χ4n) is 1.58. The highest BCUT2D eigenvalue weighted by Gasteiger charge is 2.31. The van der Waals surface area contributed by atoms with Crippen LogP contribution in [0.5, 0.6) is 0 Å². The fourth-order valence-corrected chi connectivity index (χ4v) is 1.58. The largest absolute Gasteiger partial charge is 0.364 e. The average molecular weight is 168 g/mol. The molecule has 0 aromatic heterocycles. The second-order valence-corrected chi connectivity index (χ2v) is 3.26. The lowest BCUT2D eigenvalue weighted by Gasteiger charge is -2.32. The van der Waals surface area contributed by atoms with Crippen molar-refractivity contribution in [3.63, 3.8) is 0 Å². The van der Waals surface area contributed by atoms with E-state index in [1.165, 1.54) is 0 Å². The van der Waals surface area contributed by atoms with E-state index in [2.05, 4.69) is 10.3 Å². The monoisotopic (exact) mass is 168 g/mol. The molecule has 0 radical (unpaired) electrons. The van der Waals surface area contributed by atoms with Crippen molar-refractivity contribution < 1.29 is 9.53 Å². The molecule has 0 spiro atoms. The summed E-state index contributed by atoms with van der Waals surface area (Å²) in [4.78, 5) is 15.2. The minimum absolute atomic E-state index is 0.0605. The maximum atomic E-state index is 10.9. The van der Waals surface area contributed by atoms with Gasteiger partial charge >= 0.3 is 0 Å². The van der Waals surface area contributed by atoms with Crippen molar-refractivity contribution in [3.05, 3.63) is 0 Å². The van der Waals surface area contributed by atoms with Crippen molar-refractivity contribution in [2.45, 2.75) is 32.0 Å². The average Bonchev–Trinajstić information content (AvgIpc) is 2.03. The first-order valence-electron chi connectivity index (χ1n) is 4.20. The predicted molar refractivity (Wildman–Crippen MR) is 44.0 cm³/mol. The van der Waals surface area contributed by atoms with Crippen LogP contribution in [-0.4, -0.2) is 30.5 Å². The third kappa shape index (κ3) is 1.34. The Bertz CT molecular complexity index is 237. The fraction of sp³-hybridized carbons (Fsp3) is 0.750. The van der Waals surface area contributed by atoms with Gasteiger partial charge in [-0.2, -0.15) is 0 Å². The van der Waals surface area contributed by atoms with Gasteiger partial charge in [-0.25, -0.2) is 0 Å². The highest BCUT2D eigenvalue weighted by molar-refractivity contribution is 5.84. The first kappa shape index (κ1) is 7.73. The van der Waals surface area contributed by atoms with Crippen LogP contribution in [0.4, 0.5) is 0 Å². The first-order chi connectivity index (χ1) is 5.75. The molecule has 4 heteroatoms. The molecule has 0 aromatic carbocycles. The lowest BCUT2D eigenvalue weighted by molar-refractivity contribution is -0.137. The Kier molecular flexibility index (Phi) is 1.84. The number of amides is 1. The number of aliphatic imine (C=N–C) groups is 1. The molecule has 1 N–H and O–H groups in total. The van der Waals surface area contributed by atoms with Crippen LogP contribution in [0.3, 0.4) is 0 Å². The molecule has 4 nitrogen and oxygen atoms in total. The van der Waals surface area contributed by atoms with Gasteiger partial charge in [0, 0.05) is 5.71 Å². The number of ether oxygens (including phenoxy) is 1. The quantitative estimate of drug-likeness (QED) is 0.557. The molecule has 2 aliphatic heterocycles. The van der Waals surface area contributed by atoms with Gasteiger partial charge in [-0.05, 0) is 19.8 Å². The van der Waals surface area contributed by atoms with E-state index in [4.69, 9.17) is 4.74 Å².